The van der Waals surface area contributed by atoms with Gasteiger partial charge in [-0.25, -0.2) is 0 Å². The molecular weight excluding hydrogens is 314 g/mol. The van der Waals surface area contributed by atoms with Crippen LogP contribution in [0, 0.1) is 5.92 Å². The molecule has 0 bridgehead atoms. The number of ketones is 1. The number of benzene rings is 2. The van der Waals surface area contributed by atoms with Crippen LogP contribution in [0.5, 0.6) is 0 Å². The van der Waals surface area contributed by atoms with Crippen LogP contribution in [0.15, 0.2) is 60.7 Å². The van der Waals surface area contributed by atoms with E-state index in [1.807, 2.05) is 60.7 Å². The molecule has 0 unspecified atom stereocenters. The van der Waals surface area contributed by atoms with Gasteiger partial charge in [0.2, 0.25) is 0 Å². The molecular formula is C21H23NO3. The molecule has 1 heterocycles. The predicted molar refractivity (Wildman–Crippen MR) is 95.9 cm³/mol. The number of carbonyl (C=O) groups excluding carboxylic acids is 2. The average Bonchev–Trinajstić information content (AvgIpc) is 2.65. The van der Waals surface area contributed by atoms with Crippen molar-refractivity contribution in [3.63, 3.8) is 0 Å². The Balaban J connectivity index is 1.87. The van der Waals surface area contributed by atoms with E-state index in [0.717, 1.165) is 11.1 Å². The number of hydrogen-bond donors (Lipinski definition) is 1. The number of Topliss-reactive ketones (excluding diaryl/α,β-unsaturated/α-hetero) is 1. The van der Waals surface area contributed by atoms with Crippen LogP contribution in [0.25, 0.3) is 0 Å². The molecule has 2 aromatic carbocycles. The smallest absolute Gasteiger partial charge is 0.306 e. The summed E-state index contributed by atoms with van der Waals surface area (Å²) >= 11 is 0. The van der Waals surface area contributed by atoms with Crippen molar-refractivity contribution in [2.45, 2.75) is 31.8 Å². The van der Waals surface area contributed by atoms with Crippen molar-refractivity contribution in [1.29, 1.82) is 0 Å². The Labute approximate surface area is 148 Å². The maximum absolute atomic E-state index is 12.9. The summed E-state index contributed by atoms with van der Waals surface area (Å²) in [6.07, 6.45) is 0.498. The Morgan fingerprint density at radius 3 is 2.24 bits per heavy atom. The third-order valence-electron chi connectivity index (χ3n) is 4.65. The summed E-state index contributed by atoms with van der Waals surface area (Å²) < 4.78 is 5.07. The van der Waals surface area contributed by atoms with Crippen LogP contribution >= 0.6 is 0 Å². The van der Waals surface area contributed by atoms with Gasteiger partial charge in [0, 0.05) is 24.4 Å². The molecule has 0 aliphatic carbocycles. The number of hydrogen-bond acceptors (Lipinski definition) is 4. The van der Waals surface area contributed by atoms with E-state index in [2.05, 4.69) is 5.32 Å². The number of esters is 1. The van der Waals surface area contributed by atoms with Gasteiger partial charge in [-0.3, -0.25) is 9.59 Å². The molecule has 25 heavy (non-hydrogen) atoms. The first kappa shape index (κ1) is 17.4. The molecule has 4 heteroatoms. The first-order valence-corrected chi connectivity index (χ1v) is 8.73. The Morgan fingerprint density at radius 2 is 1.64 bits per heavy atom. The highest BCUT2D eigenvalue weighted by atomic mass is 16.5. The third kappa shape index (κ3) is 4.15. The van der Waals surface area contributed by atoms with Crippen LogP contribution < -0.4 is 5.32 Å². The Morgan fingerprint density at radius 1 is 1.04 bits per heavy atom. The lowest BCUT2D eigenvalue weighted by Crippen LogP contribution is -2.43. The van der Waals surface area contributed by atoms with Crippen LogP contribution in [0.2, 0.25) is 0 Å². The topological polar surface area (TPSA) is 55.4 Å². The number of nitrogens with one attached hydrogen (secondary N) is 1. The summed E-state index contributed by atoms with van der Waals surface area (Å²) in [5.74, 6) is -0.613. The summed E-state index contributed by atoms with van der Waals surface area (Å²) in [6, 6.07) is 19.6. The second kappa shape index (κ2) is 8.08. The highest BCUT2D eigenvalue weighted by Gasteiger charge is 2.38. The van der Waals surface area contributed by atoms with E-state index in [-0.39, 0.29) is 30.3 Å². The van der Waals surface area contributed by atoms with E-state index in [0.29, 0.717) is 13.0 Å². The molecule has 1 fully saturated rings. The summed E-state index contributed by atoms with van der Waals surface area (Å²) in [7, 11) is 0. The van der Waals surface area contributed by atoms with Crippen LogP contribution in [-0.4, -0.2) is 18.4 Å². The van der Waals surface area contributed by atoms with Crippen molar-refractivity contribution in [3.05, 3.63) is 71.8 Å². The highest BCUT2D eigenvalue weighted by molar-refractivity contribution is 5.87. The summed E-state index contributed by atoms with van der Waals surface area (Å²) in [6.45, 7) is 2.11. The van der Waals surface area contributed by atoms with E-state index in [4.69, 9.17) is 4.74 Å². The van der Waals surface area contributed by atoms with Crippen LogP contribution in [0.1, 0.15) is 43.0 Å². The maximum Gasteiger partial charge on any atom is 0.306 e. The molecule has 1 aliphatic heterocycles. The zero-order chi connectivity index (χ0) is 17.6. The SMILES string of the molecule is CCOC(=O)C[C@@H]1C(=O)C[C@@H](c2ccccc2)N[C@H]1c1ccccc1. The molecule has 0 spiro atoms. The van der Waals surface area contributed by atoms with Crippen LogP contribution in [-0.2, 0) is 14.3 Å². The van der Waals surface area contributed by atoms with Crippen molar-refractivity contribution in [2.75, 3.05) is 6.61 Å². The zero-order valence-corrected chi connectivity index (χ0v) is 14.4. The van der Waals surface area contributed by atoms with Crippen molar-refractivity contribution in [2.24, 2.45) is 5.92 Å². The Hall–Kier alpha value is -2.46. The Bertz CT molecular complexity index is 714. The van der Waals surface area contributed by atoms with Crippen molar-refractivity contribution in [3.8, 4) is 0 Å². The van der Waals surface area contributed by atoms with Crippen molar-refractivity contribution >= 4 is 11.8 Å². The van der Waals surface area contributed by atoms with Crippen molar-refractivity contribution < 1.29 is 14.3 Å². The number of ether oxygens (including phenoxy) is 1. The van der Waals surface area contributed by atoms with Gasteiger partial charge < -0.3 is 10.1 Å². The fourth-order valence-corrected chi connectivity index (χ4v) is 3.45. The largest absolute Gasteiger partial charge is 0.466 e. The van der Waals surface area contributed by atoms with Crippen LogP contribution in [0.3, 0.4) is 0 Å². The number of carbonyl (C=O) groups is 2. The fourth-order valence-electron chi connectivity index (χ4n) is 3.45. The molecule has 0 radical (unpaired) electrons. The molecule has 1 saturated heterocycles. The average molecular weight is 337 g/mol. The molecule has 3 atom stereocenters. The minimum Gasteiger partial charge on any atom is -0.466 e. The molecule has 0 saturated carbocycles. The van der Waals surface area contributed by atoms with Gasteiger partial charge in [0.1, 0.15) is 5.78 Å². The summed E-state index contributed by atoms with van der Waals surface area (Å²) in [5.41, 5.74) is 2.11. The third-order valence-corrected chi connectivity index (χ3v) is 4.65. The minimum absolute atomic E-state index is 0.0441. The lowest BCUT2D eigenvalue weighted by atomic mass is 9.79. The quantitative estimate of drug-likeness (QED) is 0.847. The van der Waals surface area contributed by atoms with Crippen molar-refractivity contribution in [1.82, 2.24) is 5.32 Å². The van der Waals surface area contributed by atoms with Gasteiger partial charge in [-0.2, -0.15) is 0 Å². The molecule has 4 nitrogen and oxygen atoms in total. The van der Waals surface area contributed by atoms with Gasteiger partial charge >= 0.3 is 5.97 Å². The first-order chi connectivity index (χ1) is 12.2. The fraction of sp³-hybridized carbons (Fsp3) is 0.333. The minimum atomic E-state index is -0.401. The lowest BCUT2D eigenvalue weighted by Gasteiger charge is -2.36. The molecule has 1 aliphatic rings. The van der Waals surface area contributed by atoms with Gasteiger partial charge in [-0.1, -0.05) is 60.7 Å². The standard InChI is InChI=1S/C21H23NO3/c1-2-25-20(24)13-17-19(23)14-18(15-9-5-3-6-10-15)22-21(17)16-11-7-4-8-12-16/h3-12,17-18,21-22H,2,13-14H2,1H3/t17-,18+,21+/m1/s1. The first-order valence-electron chi connectivity index (χ1n) is 8.73. The van der Waals surface area contributed by atoms with Gasteiger partial charge in [-0.05, 0) is 18.1 Å². The van der Waals surface area contributed by atoms with Gasteiger partial charge in [0.15, 0.2) is 0 Å². The molecule has 0 amide bonds. The van der Waals surface area contributed by atoms with E-state index in [1.54, 1.807) is 6.92 Å². The van der Waals surface area contributed by atoms with Gasteiger partial charge in [-0.15, -0.1) is 0 Å². The maximum atomic E-state index is 12.9. The van der Waals surface area contributed by atoms with E-state index < -0.39 is 5.92 Å². The molecule has 3 rings (SSSR count). The normalized spacial score (nSPS) is 23.2. The summed E-state index contributed by atoms with van der Waals surface area (Å²) in [4.78, 5) is 24.8. The van der Waals surface area contributed by atoms with Crippen LogP contribution in [0.4, 0.5) is 0 Å². The van der Waals surface area contributed by atoms with E-state index >= 15 is 0 Å². The van der Waals surface area contributed by atoms with E-state index in [1.165, 1.54) is 0 Å². The molecule has 1 N–H and O–H groups in total. The number of piperidine rings is 1. The predicted octanol–water partition coefficient (Wildman–Crippen LogP) is 3.60. The van der Waals surface area contributed by atoms with Gasteiger partial charge in [0.05, 0.1) is 13.0 Å². The second-order valence-electron chi connectivity index (χ2n) is 6.30. The molecule has 2 aromatic rings. The lowest BCUT2D eigenvalue weighted by molar-refractivity contribution is -0.147. The number of rotatable bonds is 5. The second-order valence-corrected chi connectivity index (χ2v) is 6.30. The molecule has 130 valence electrons. The Kier molecular flexibility index (Phi) is 5.61. The van der Waals surface area contributed by atoms with Gasteiger partial charge in [0.25, 0.3) is 0 Å². The zero-order valence-electron chi connectivity index (χ0n) is 14.4. The van der Waals surface area contributed by atoms with E-state index in [9.17, 15) is 9.59 Å². The molecule has 0 aromatic heterocycles. The highest BCUT2D eigenvalue weighted by Crippen LogP contribution is 2.36. The summed E-state index contributed by atoms with van der Waals surface area (Å²) in [5, 5.41) is 3.59. The monoisotopic (exact) mass is 337 g/mol.